The average molecular weight is 344 g/mol. The van der Waals surface area contributed by atoms with E-state index in [4.69, 9.17) is 0 Å². The third-order valence-electron chi connectivity index (χ3n) is 4.22. The van der Waals surface area contributed by atoms with Gasteiger partial charge in [-0.1, -0.05) is 19.1 Å². The van der Waals surface area contributed by atoms with Gasteiger partial charge in [0.1, 0.15) is 5.82 Å². The first-order valence-corrected chi connectivity index (χ1v) is 8.71. The Balaban J connectivity index is 1.77. The van der Waals surface area contributed by atoms with Gasteiger partial charge in [-0.3, -0.25) is 4.57 Å². The summed E-state index contributed by atoms with van der Waals surface area (Å²) in [5.41, 5.74) is 2.98. The Morgan fingerprint density at radius 2 is 1.77 bits per heavy atom. The van der Waals surface area contributed by atoms with Gasteiger partial charge in [0.2, 0.25) is 0 Å². The van der Waals surface area contributed by atoms with E-state index in [0.29, 0.717) is 0 Å². The van der Waals surface area contributed by atoms with Gasteiger partial charge in [-0.25, -0.2) is 19.9 Å². The van der Waals surface area contributed by atoms with Crippen molar-refractivity contribution >= 4 is 0 Å². The number of hydrogen-bond donors (Lipinski definition) is 0. The van der Waals surface area contributed by atoms with Crippen LogP contribution >= 0.6 is 0 Å². The van der Waals surface area contributed by atoms with Gasteiger partial charge in [0.15, 0.2) is 11.6 Å². The normalized spacial score (nSPS) is 11.0. The fourth-order valence-corrected chi connectivity index (χ4v) is 3.05. The molecule has 1 aromatic carbocycles. The van der Waals surface area contributed by atoms with E-state index in [0.717, 1.165) is 47.4 Å². The maximum absolute atomic E-state index is 4.55. The Morgan fingerprint density at radius 3 is 2.62 bits per heavy atom. The Morgan fingerprint density at radius 1 is 0.923 bits per heavy atom. The van der Waals surface area contributed by atoms with Crippen molar-refractivity contribution in [1.82, 2.24) is 29.1 Å². The van der Waals surface area contributed by atoms with E-state index in [1.165, 1.54) is 0 Å². The molecule has 6 nitrogen and oxygen atoms in total. The second kappa shape index (κ2) is 6.92. The number of aromatic nitrogens is 6. The van der Waals surface area contributed by atoms with E-state index in [-0.39, 0.29) is 0 Å². The van der Waals surface area contributed by atoms with Crippen LogP contribution in [-0.2, 0) is 6.54 Å². The molecule has 4 aromatic rings. The summed E-state index contributed by atoms with van der Waals surface area (Å²) in [5.74, 6) is 2.47. The van der Waals surface area contributed by atoms with Crippen LogP contribution in [0.25, 0.3) is 28.6 Å². The SMILES string of the molecule is CCCn1ccnc1-c1nccn1-c1cccc(-c2ccnc(C)n2)c1. The maximum atomic E-state index is 4.55. The van der Waals surface area contributed by atoms with E-state index in [1.54, 1.807) is 6.20 Å². The van der Waals surface area contributed by atoms with Crippen LogP contribution in [0.4, 0.5) is 0 Å². The summed E-state index contributed by atoms with van der Waals surface area (Å²) >= 11 is 0. The zero-order chi connectivity index (χ0) is 17.9. The lowest BCUT2D eigenvalue weighted by atomic mass is 10.1. The van der Waals surface area contributed by atoms with Gasteiger partial charge in [-0.05, 0) is 31.5 Å². The molecule has 0 saturated heterocycles. The Bertz CT molecular complexity index is 1030. The molecule has 0 amide bonds. The molecule has 3 aromatic heterocycles. The molecular weight excluding hydrogens is 324 g/mol. The molecule has 0 fully saturated rings. The van der Waals surface area contributed by atoms with Gasteiger partial charge in [0, 0.05) is 48.8 Å². The lowest BCUT2D eigenvalue weighted by molar-refractivity contribution is 0.681. The van der Waals surface area contributed by atoms with Crippen molar-refractivity contribution in [1.29, 1.82) is 0 Å². The van der Waals surface area contributed by atoms with Gasteiger partial charge < -0.3 is 4.57 Å². The first kappa shape index (κ1) is 16.2. The zero-order valence-corrected chi connectivity index (χ0v) is 14.9. The molecule has 0 aliphatic rings. The molecule has 130 valence electrons. The van der Waals surface area contributed by atoms with Crippen molar-refractivity contribution in [2.75, 3.05) is 0 Å². The fraction of sp³-hybridized carbons (Fsp3) is 0.200. The van der Waals surface area contributed by atoms with Crippen LogP contribution in [0, 0.1) is 6.92 Å². The first-order valence-electron chi connectivity index (χ1n) is 8.71. The lowest BCUT2D eigenvalue weighted by Gasteiger charge is -2.11. The standard InChI is InChI=1S/C20H20N6/c1-3-11-25-12-9-22-19(25)20-23-10-13-26(20)17-6-4-5-16(14-17)18-7-8-21-15(2)24-18/h4-10,12-14H,3,11H2,1-2H3. The number of nitrogens with zero attached hydrogens (tertiary/aromatic N) is 6. The summed E-state index contributed by atoms with van der Waals surface area (Å²) in [6, 6.07) is 10.2. The zero-order valence-electron chi connectivity index (χ0n) is 14.9. The minimum absolute atomic E-state index is 0.762. The molecule has 0 aliphatic carbocycles. The Labute approximate surface area is 152 Å². The molecule has 0 unspecified atom stereocenters. The summed E-state index contributed by atoms with van der Waals surface area (Å²) in [7, 11) is 0. The van der Waals surface area contributed by atoms with Gasteiger partial charge in [0.05, 0.1) is 5.69 Å². The summed E-state index contributed by atoms with van der Waals surface area (Å²) in [4.78, 5) is 17.8. The molecule has 0 spiro atoms. The summed E-state index contributed by atoms with van der Waals surface area (Å²) < 4.78 is 4.20. The first-order chi connectivity index (χ1) is 12.8. The summed E-state index contributed by atoms with van der Waals surface area (Å²) in [5, 5.41) is 0. The highest BCUT2D eigenvalue weighted by molar-refractivity contribution is 5.63. The second-order valence-electron chi connectivity index (χ2n) is 6.10. The van der Waals surface area contributed by atoms with Crippen LogP contribution in [-0.4, -0.2) is 29.1 Å². The third kappa shape index (κ3) is 3.01. The smallest absolute Gasteiger partial charge is 0.181 e. The Kier molecular flexibility index (Phi) is 4.31. The molecular formula is C20H20N6. The van der Waals surface area contributed by atoms with E-state index >= 15 is 0 Å². The summed E-state index contributed by atoms with van der Waals surface area (Å²) in [6.07, 6.45) is 10.4. The predicted molar refractivity (Wildman–Crippen MR) is 101 cm³/mol. The lowest BCUT2D eigenvalue weighted by Crippen LogP contribution is -2.04. The van der Waals surface area contributed by atoms with Crippen LogP contribution in [0.3, 0.4) is 0 Å². The van der Waals surface area contributed by atoms with Gasteiger partial charge in [0.25, 0.3) is 0 Å². The van der Waals surface area contributed by atoms with Crippen LogP contribution in [0.2, 0.25) is 0 Å². The van der Waals surface area contributed by atoms with Crippen molar-refractivity contribution in [3.05, 3.63) is 67.1 Å². The molecule has 6 heteroatoms. The highest BCUT2D eigenvalue weighted by atomic mass is 15.2. The number of aryl methyl sites for hydroxylation is 2. The molecule has 0 saturated carbocycles. The van der Waals surface area contributed by atoms with Gasteiger partial charge in [-0.2, -0.15) is 0 Å². The molecule has 26 heavy (non-hydrogen) atoms. The van der Waals surface area contributed by atoms with Crippen LogP contribution < -0.4 is 0 Å². The van der Waals surface area contributed by atoms with Gasteiger partial charge >= 0.3 is 0 Å². The van der Waals surface area contributed by atoms with Crippen molar-refractivity contribution in [2.45, 2.75) is 26.8 Å². The third-order valence-corrected chi connectivity index (χ3v) is 4.22. The predicted octanol–water partition coefficient (Wildman–Crippen LogP) is 3.91. The molecule has 0 aliphatic heterocycles. The molecule has 0 atom stereocenters. The van der Waals surface area contributed by atoms with Crippen molar-refractivity contribution in [3.8, 4) is 28.6 Å². The van der Waals surface area contributed by atoms with E-state index < -0.39 is 0 Å². The second-order valence-corrected chi connectivity index (χ2v) is 6.10. The number of imidazole rings is 2. The number of hydrogen-bond acceptors (Lipinski definition) is 4. The minimum atomic E-state index is 0.762. The Hall–Kier alpha value is -3.28. The largest absolute Gasteiger partial charge is 0.328 e. The van der Waals surface area contributed by atoms with Crippen LogP contribution in [0.15, 0.2) is 61.3 Å². The molecule has 0 N–H and O–H groups in total. The topological polar surface area (TPSA) is 61.4 Å². The van der Waals surface area contributed by atoms with Crippen LogP contribution in [0.1, 0.15) is 19.2 Å². The molecule has 3 heterocycles. The van der Waals surface area contributed by atoms with E-state index in [2.05, 4.69) is 54.2 Å². The molecule has 0 bridgehead atoms. The minimum Gasteiger partial charge on any atom is -0.328 e. The van der Waals surface area contributed by atoms with Crippen LogP contribution in [0.5, 0.6) is 0 Å². The highest BCUT2D eigenvalue weighted by Crippen LogP contribution is 2.24. The van der Waals surface area contributed by atoms with Crippen molar-refractivity contribution in [2.24, 2.45) is 0 Å². The number of rotatable bonds is 5. The quantitative estimate of drug-likeness (QED) is 0.551. The number of benzene rings is 1. The fourth-order valence-electron chi connectivity index (χ4n) is 3.05. The summed E-state index contributed by atoms with van der Waals surface area (Å²) in [6.45, 7) is 4.97. The highest BCUT2D eigenvalue weighted by Gasteiger charge is 2.13. The molecule has 0 radical (unpaired) electrons. The van der Waals surface area contributed by atoms with E-state index in [9.17, 15) is 0 Å². The monoisotopic (exact) mass is 344 g/mol. The average Bonchev–Trinajstić information content (AvgIpc) is 3.31. The molecule has 4 rings (SSSR count). The van der Waals surface area contributed by atoms with Crippen molar-refractivity contribution < 1.29 is 0 Å². The maximum Gasteiger partial charge on any atom is 0.181 e. The van der Waals surface area contributed by atoms with E-state index in [1.807, 2.05) is 43.8 Å². The van der Waals surface area contributed by atoms with Gasteiger partial charge in [-0.15, -0.1) is 0 Å². The van der Waals surface area contributed by atoms with Crippen molar-refractivity contribution in [3.63, 3.8) is 0 Å².